The van der Waals surface area contributed by atoms with E-state index in [2.05, 4.69) is 5.32 Å². The summed E-state index contributed by atoms with van der Waals surface area (Å²) in [6.07, 6.45) is 16.2. The fraction of sp³-hybridized carbons (Fsp3) is 1.00. The van der Waals surface area contributed by atoms with Gasteiger partial charge >= 0.3 is 0 Å². The molecule has 0 aliphatic carbocycles. The second-order valence-electron chi connectivity index (χ2n) is 5.95. The Balaban J connectivity index is 1.89. The Bertz CT molecular complexity index is 195. The summed E-state index contributed by atoms with van der Waals surface area (Å²) >= 11 is 0. The van der Waals surface area contributed by atoms with Gasteiger partial charge in [0.05, 0.1) is 0 Å². The Hall–Kier alpha value is -0.0400. The lowest BCUT2D eigenvalue weighted by molar-refractivity contribution is 0.237. The van der Waals surface area contributed by atoms with Crippen molar-refractivity contribution in [2.75, 3.05) is 0 Å². The minimum Gasteiger partial charge on any atom is -0.306 e. The van der Waals surface area contributed by atoms with E-state index in [0.29, 0.717) is 11.1 Å². The van der Waals surface area contributed by atoms with Crippen LogP contribution in [0.25, 0.3) is 0 Å². The summed E-state index contributed by atoms with van der Waals surface area (Å²) in [6.45, 7) is 0. The van der Waals surface area contributed by atoms with Gasteiger partial charge in [-0.15, -0.1) is 0 Å². The molecule has 3 fully saturated rings. The van der Waals surface area contributed by atoms with Crippen LogP contribution in [0.4, 0.5) is 0 Å². The SMILES string of the molecule is C1CCC23CCCC[C@](CC1)(CC2)N3. The summed E-state index contributed by atoms with van der Waals surface area (Å²) < 4.78 is 0. The molecule has 14 heavy (non-hydrogen) atoms. The molecule has 0 amide bonds. The van der Waals surface area contributed by atoms with Crippen molar-refractivity contribution in [3.63, 3.8) is 0 Å². The molecule has 0 aromatic rings. The zero-order chi connectivity index (χ0) is 9.49. The summed E-state index contributed by atoms with van der Waals surface area (Å²) in [5.41, 5.74) is 1.19. The number of hydrogen-bond acceptors (Lipinski definition) is 1. The molecule has 3 saturated heterocycles. The van der Waals surface area contributed by atoms with Gasteiger partial charge in [-0.3, -0.25) is 0 Å². The third kappa shape index (κ3) is 1.41. The minimum absolute atomic E-state index is 0.594. The van der Waals surface area contributed by atoms with Gasteiger partial charge < -0.3 is 5.32 Å². The molecule has 0 aromatic heterocycles. The first-order valence-corrected chi connectivity index (χ1v) is 6.62. The quantitative estimate of drug-likeness (QED) is 0.622. The van der Waals surface area contributed by atoms with Crippen molar-refractivity contribution in [1.82, 2.24) is 5.32 Å². The first-order chi connectivity index (χ1) is 6.83. The van der Waals surface area contributed by atoms with Crippen LogP contribution in [0.5, 0.6) is 0 Å². The maximum Gasteiger partial charge on any atom is 0.0187 e. The van der Waals surface area contributed by atoms with Gasteiger partial charge in [0, 0.05) is 11.1 Å². The molecule has 1 heteroatoms. The maximum atomic E-state index is 4.08. The van der Waals surface area contributed by atoms with E-state index >= 15 is 0 Å². The largest absolute Gasteiger partial charge is 0.306 e. The highest BCUT2D eigenvalue weighted by atomic mass is 15.1. The van der Waals surface area contributed by atoms with Crippen LogP contribution in [0.2, 0.25) is 0 Å². The molecule has 3 aliphatic heterocycles. The fourth-order valence-corrected chi connectivity index (χ4v) is 4.20. The van der Waals surface area contributed by atoms with E-state index in [9.17, 15) is 0 Å². The van der Waals surface area contributed by atoms with Gasteiger partial charge in [0.1, 0.15) is 0 Å². The Morgan fingerprint density at radius 2 is 0.929 bits per heavy atom. The van der Waals surface area contributed by atoms with Crippen LogP contribution >= 0.6 is 0 Å². The van der Waals surface area contributed by atoms with Gasteiger partial charge in [-0.25, -0.2) is 0 Å². The molecule has 1 N–H and O–H groups in total. The molecule has 0 saturated carbocycles. The highest BCUT2D eigenvalue weighted by Gasteiger charge is 2.48. The lowest BCUT2D eigenvalue weighted by Crippen LogP contribution is -2.49. The average molecular weight is 193 g/mol. The van der Waals surface area contributed by atoms with Gasteiger partial charge in [0.25, 0.3) is 0 Å². The van der Waals surface area contributed by atoms with Crippen molar-refractivity contribution in [3.05, 3.63) is 0 Å². The number of nitrogens with one attached hydrogen (secondary N) is 1. The molecule has 80 valence electrons. The minimum atomic E-state index is 0.594. The molecule has 0 spiro atoms. The molecule has 0 aromatic carbocycles. The van der Waals surface area contributed by atoms with Crippen LogP contribution in [0.1, 0.15) is 70.6 Å². The summed E-state index contributed by atoms with van der Waals surface area (Å²) in [5, 5.41) is 4.08. The summed E-state index contributed by atoms with van der Waals surface area (Å²) in [5.74, 6) is 0. The summed E-state index contributed by atoms with van der Waals surface area (Å²) in [6, 6.07) is 0. The molecule has 1 unspecified atom stereocenters. The molecule has 3 rings (SSSR count). The molecular weight excluding hydrogens is 170 g/mol. The van der Waals surface area contributed by atoms with E-state index in [1.807, 2.05) is 0 Å². The van der Waals surface area contributed by atoms with E-state index < -0.39 is 0 Å². The average Bonchev–Trinajstić information content (AvgIpc) is 2.39. The van der Waals surface area contributed by atoms with Gasteiger partial charge in [0.2, 0.25) is 0 Å². The van der Waals surface area contributed by atoms with Crippen LogP contribution in [0.15, 0.2) is 0 Å². The molecule has 0 radical (unpaired) electrons. The van der Waals surface area contributed by atoms with Crippen molar-refractivity contribution < 1.29 is 0 Å². The Morgan fingerprint density at radius 3 is 1.43 bits per heavy atom. The normalized spacial score (nSPS) is 48.0. The smallest absolute Gasteiger partial charge is 0.0187 e. The second-order valence-corrected chi connectivity index (χ2v) is 5.95. The Morgan fingerprint density at radius 1 is 0.500 bits per heavy atom. The van der Waals surface area contributed by atoms with Gasteiger partial charge in [-0.1, -0.05) is 32.1 Å². The lowest BCUT2D eigenvalue weighted by atomic mass is 9.83. The van der Waals surface area contributed by atoms with Crippen molar-refractivity contribution >= 4 is 0 Å². The van der Waals surface area contributed by atoms with Gasteiger partial charge in [-0.05, 0) is 38.5 Å². The molecule has 3 heterocycles. The van der Waals surface area contributed by atoms with Crippen molar-refractivity contribution in [2.24, 2.45) is 0 Å². The number of hydrogen-bond donors (Lipinski definition) is 1. The molecule has 1 nitrogen and oxygen atoms in total. The van der Waals surface area contributed by atoms with Crippen LogP contribution in [0.3, 0.4) is 0 Å². The predicted octanol–water partition coefficient (Wildman–Crippen LogP) is 3.39. The topological polar surface area (TPSA) is 12.0 Å². The maximum absolute atomic E-state index is 4.08. The van der Waals surface area contributed by atoms with Crippen LogP contribution < -0.4 is 5.32 Å². The van der Waals surface area contributed by atoms with E-state index in [0.717, 1.165) is 0 Å². The molecule has 3 aliphatic rings. The third-order valence-corrected chi connectivity index (χ3v) is 4.98. The van der Waals surface area contributed by atoms with Crippen molar-refractivity contribution in [3.8, 4) is 0 Å². The second kappa shape index (κ2) is 3.23. The van der Waals surface area contributed by atoms with E-state index in [1.54, 1.807) is 0 Å². The highest BCUT2D eigenvalue weighted by molar-refractivity contribution is 5.08. The zero-order valence-corrected chi connectivity index (χ0v) is 9.28. The predicted molar refractivity (Wildman–Crippen MR) is 59.4 cm³/mol. The number of rotatable bonds is 0. The highest BCUT2D eigenvalue weighted by Crippen LogP contribution is 2.46. The summed E-state index contributed by atoms with van der Waals surface area (Å²) in [7, 11) is 0. The first kappa shape index (κ1) is 9.21. The third-order valence-electron chi connectivity index (χ3n) is 4.98. The van der Waals surface area contributed by atoms with E-state index in [1.165, 1.54) is 70.6 Å². The Kier molecular flexibility index (Phi) is 2.12. The Labute approximate surface area is 87.7 Å². The van der Waals surface area contributed by atoms with Crippen molar-refractivity contribution in [1.29, 1.82) is 0 Å². The van der Waals surface area contributed by atoms with E-state index in [4.69, 9.17) is 0 Å². The standard InChI is InChI=1S/C13H23N/c1-2-6-12-8-4-5-9-13(14-12,7-3-1)11-10-12/h14H,1-11H2/t12-,13?/m1/s1. The van der Waals surface area contributed by atoms with Crippen LogP contribution in [-0.4, -0.2) is 11.1 Å². The zero-order valence-electron chi connectivity index (χ0n) is 9.28. The first-order valence-electron chi connectivity index (χ1n) is 6.62. The molecule has 2 atom stereocenters. The fourth-order valence-electron chi connectivity index (χ4n) is 4.20. The van der Waals surface area contributed by atoms with Crippen LogP contribution in [-0.2, 0) is 0 Å². The monoisotopic (exact) mass is 193 g/mol. The lowest BCUT2D eigenvalue weighted by Gasteiger charge is -2.36. The van der Waals surface area contributed by atoms with Gasteiger partial charge in [-0.2, -0.15) is 0 Å². The van der Waals surface area contributed by atoms with Crippen molar-refractivity contribution in [2.45, 2.75) is 81.7 Å². The molecular formula is C13H23N. The van der Waals surface area contributed by atoms with Gasteiger partial charge in [0.15, 0.2) is 0 Å². The van der Waals surface area contributed by atoms with Crippen LogP contribution in [0, 0.1) is 0 Å². The molecule has 2 bridgehead atoms. The summed E-state index contributed by atoms with van der Waals surface area (Å²) in [4.78, 5) is 0. The van der Waals surface area contributed by atoms with E-state index in [-0.39, 0.29) is 0 Å².